The second-order valence-electron chi connectivity index (χ2n) is 6.66. The number of hydrogen-bond donors (Lipinski definition) is 0. The van der Waals surface area contributed by atoms with Crippen LogP contribution in [0.1, 0.15) is 21.8 Å². The Balaban J connectivity index is 2.13. The van der Waals surface area contributed by atoms with Gasteiger partial charge in [-0.3, -0.25) is 0 Å². The second kappa shape index (κ2) is 5.98. The average molecular weight is 302 g/mol. The Morgan fingerprint density at radius 3 is 2.24 bits per heavy atom. The Bertz CT molecular complexity index is 554. The highest BCUT2D eigenvalue weighted by Gasteiger charge is 2.49. The number of rotatable bonds is 5. The summed E-state index contributed by atoms with van der Waals surface area (Å²) in [7, 11) is 0.132. The number of esters is 1. The molecule has 0 unspecified atom stereocenters. The third-order valence-corrected chi connectivity index (χ3v) is 5.02. The van der Waals surface area contributed by atoms with Crippen molar-refractivity contribution >= 4 is 20.3 Å². The lowest BCUT2D eigenvalue weighted by Gasteiger charge is -2.07. The van der Waals surface area contributed by atoms with Crippen LogP contribution in [-0.4, -0.2) is 27.4 Å². The van der Waals surface area contributed by atoms with E-state index in [2.05, 4.69) is 36.2 Å². The normalized spacial score (nSPS) is 24.9. The molecule has 4 heteroatoms. The minimum absolute atomic E-state index is 0.0709. The molecule has 0 aliphatic heterocycles. The largest absolute Gasteiger partial charge is 0.465 e. The maximum absolute atomic E-state index is 11.4. The minimum Gasteiger partial charge on any atom is -0.465 e. The molecule has 2 rings (SSSR count). The maximum Gasteiger partial charge on any atom is 0.337 e. The molecule has 3 atom stereocenters. The third kappa shape index (κ3) is 3.70. The first-order chi connectivity index (χ1) is 9.87. The Morgan fingerprint density at radius 1 is 1.14 bits per heavy atom. The maximum atomic E-state index is 11.4. The third-order valence-electron chi connectivity index (χ3n) is 3.83. The molecule has 0 amide bonds. The Kier molecular flexibility index (Phi) is 4.47. The Hall–Kier alpha value is -1.68. The van der Waals surface area contributed by atoms with Crippen LogP contribution in [0.25, 0.3) is 0 Å². The van der Waals surface area contributed by atoms with E-state index in [1.807, 2.05) is 12.1 Å². The number of carbonyl (C=O) groups excluding carboxylic acids is 2. The molecular formula is C17H22O3Si. The van der Waals surface area contributed by atoms with Crippen molar-refractivity contribution in [3.8, 4) is 0 Å². The van der Waals surface area contributed by atoms with Crippen LogP contribution in [0.15, 0.2) is 36.0 Å². The van der Waals surface area contributed by atoms with Crippen molar-refractivity contribution in [2.45, 2.75) is 25.6 Å². The lowest BCUT2D eigenvalue weighted by molar-refractivity contribution is -0.109. The molecule has 0 bridgehead atoms. The van der Waals surface area contributed by atoms with E-state index in [0.29, 0.717) is 11.5 Å². The molecule has 112 valence electrons. The quantitative estimate of drug-likeness (QED) is 0.475. The number of methoxy groups -OCH3 is 1. The van der Waals surface area contributed by atoms with Gasteiger partial charge in [-0.2, -0.15) is 0 Å². The molecule has 1 fully saturated rings. The minimum atomic E-state index is -1.24. The summed E-state index contributed by atoms with van der Waals surface area (Å²) >= 11 is 0. The van der Waals surface area contributed by atoms with Crippen molar-refractivity contribution in [3.05, 3.63) is 47.2 Å². The van der Waals surface area contributed by atoms with Crippen molar-refractivity contribution in [2.24, 2.45) is 11.8 Å². The predicted octanol–water partition coefficient (Wildman–Crippen LogP) is 3.44. The van der Waals surface area contributed by atoms with E-state index in [0.717, 1.165) is 11.8 Å². The van der Waals surface area contributed by atoms with Gasteiger partial charge in [0, 0.05) is 11.8 Å². The molecule has 21 heavy (non-hydrogen) atoms. The standard InChI is InChI=1S/C17H22O3Si/c1-20-17(19)13-7-5-12(6-8-13)16-14(15(16)11-18)9-10-21(2,3)4/h5-11,14-16H,1-4H3/b10-9+/t14-,15+,16+/m1/s1. The van der Waals surface area contributed by atoms with Gasteiger partial charge in [-0.05, 0) is 23.6 Å². The first kappa shape index (κ1) is 15.7. The van der Waals surface area contributed by atoms with Gasteiger partial charge in [-0.15, -0.1) is 0 Å². The molecule has 1 aliphatic rings. The molecule has 0 spiro atoms. The number of ether oxygens (including phenoxy) is 1. The van der Waals surface area contributed by atoms with Gasteiger partial charge in [-0.25, -0.2) is 4.79 Å². The van der Waals surface area contributed by atoms with Gasteiger partial charge in [0.2, 0.25) is 0 Å². The summed E-state index contributed by atoms with van der Waals surface area (Å²) in [4.78, 5) is 22.6. The lowest BCUT2D eigenvalue weighted by atomic mass is 10.1. The van der Waals surface area contributed by atoms with Crippen LogP contribution < -0.4 is 0 Å². The fourth-order valence-electron chi connectivity index (χ4n) is 2.59. The number of hydrogen-bond acceptors (Lipinski definition) is 3. The van der Waals surface area contributed by atoms with Crippen molar-refractivity contribution in [1.29, 1.82) is 0 Å². The number of benzene rings is 1. The van der Waals surface area contributed by atoms with Crippen LogP contribution in [-0.2, 0) is 9.53 Å². The van der Waals surface area contributed by atoms with E-state index in [9.17, 15) is 9.59 Å². The van der Waals surface area contributed by atoms with Gasteiger partial charge in [0.05, 0.1) is 20.7 Å². The SMILES string of the molecule is COC(=O)c1ccc([C@@H]2[C@@H](C=O)[C@H]2/C=C/[Si](C)(C)C)cc1. The smallest absolute Gasteiger partial charge is 0.337 e. The molecule has 0 heterocycles. The zero-order valence-corrected chi connectivity index (χ0v) is 14.0. The summed E-state index contributed by atoms with van der Waals surface area (Å²) in [5.41, 5.74) is 3.96. The summed E-state index contributed by atoms with van der Waals surface area (Å²) in [5, 5.41) is 0. The van der Waals surface area contributed by atoms with E-state index in [1.54, 1.807) is 12.1 Å². The number of carbonyl (C=O) groups is 2. The van der Waals surface area contributed by atoms with Crippen LogP contribution in [0.2, 0.25) is 19.6 Å². The monoisotopic (exact) mass is 302 g/mol. The van der Waals surface area contributed by atoms with Gasteiger partial charge in [0.25, 0.3) is 0 Å². The number of allylic oxidation sites excluding steroid dienone is 1. The summed E-state index contributed by atoms with van der Waals surface area (Å²) in [6.07, 6.45) is 3.27. The molecule has 1 aliphatic carbocycles. The highest BCUT2D eigenvalue weighted by atomic mass is 28.3. The topological polar surface area (TPSA) is 43.4 Å². The molecule has 0 N–H and O–H groups in total. The van der Waals surface area contributed by atoms with Crippen LogP contribution in [0.5, 0.6) is 0 Å². The summed E-state index contributed by atoms with van der Waals surface area (Å²) < 4.78 is 4.69. The summed E-state index contributed by atoms with van der Waals surface area (Å²) in [6, 6.07) is 7.38. The Labute approximate surface area is 127 Å². The first-order valence-corrected chi connectivity index (χ1v) is 10.8. The van der Waals surface area contributed by atoms with Crippen molar-refractivity contribution < 1.29 is 14.3 Å². The molecule has 1 saturated carbocycles. The molecule has 0 radical (unpaired) electrons. The average Bonchev–Trinajstić information content (AvgIpc) is 3.17. The van der Waals surface area contributed by atoms with E-state index < -0.39 is 8.07 Å². The van der Waals surface area contributed by atoms with E-state index in [1.165, 1.54) is 7.11 Å². The van der Waals surface area contributed by atoms with Crippen molar-refractivity contribution in [2.75, 3.05) is 7.11 Å². The van der Waals surface area contributed by atoms with Crippen molar-refractivity contribution in [3.63, 3.8) is 0 Å². The fraction of sp³-hybridized carbons (Fsp3) is 0.412. The predicted molar refractivity (Wildman–Crippen MR) is 86.1 cm³/mol. The van der Waals surface area contributed by atoms with Gasteiger partial charge in [0.15, 0.2) is 0 Å². The van der Waals surface area contributed by atoms with Gasteiger partial charge < -0.3 is 9.53 Å². The highest BCUT2D eigenvalue weighted by Crippen LogP contribution is 2.53. The molecule has 0 aromatic heterocycles. The first-order valence-electron chi connectivity index (χ1n) is 7.20. The van der Waals surface area contributed by atoms with E-state index in [-0.39, 0.29) is 17.8 Å². The fourth-order valence-corrected chi connectivity index (χ4v) is 3.39. The number of aldehydes is 1. The van der Waals surface area contributed by atoms with Crippen LogP contribution in [0.3, 0.4) is 0 Å². The van der Waals surface area contributed by atoms with Gasteiger partial charge >= 0.3 is 5.97 Å². The van der Waals surface area contributed by atoms with Gasteiger partial charge in [-0.1, -0.05) is 43.5 Å². The van der Waals surface area contributed by atoms with Crippen LogP contribution in [0.4, 0.5) is 0 Å². The zero-order valence-electron chi connectivity index (χ0n) is 13.0. The molecule has 0 saturated heterocycles. The molecule has 1 aromatic carbocycles. The second-order valence-corrected chi connectivity index (χ2v) is 11.7. The van der Waals surface area contributed by atoms with Crippen LogP contribution >= 0.6 is 0 Å². The molecule has 3 nitrogen and oxygen atoms in total. The highest BCUT2D eigenvalue weighted by molar-refractivity contribution is 6.80. The molecule has 1 aromatic rings. The van der Waals surface area contributed by atoms with E-state index >= 15 is 0 Å². The zero-order chi connectivity index (χ0) is 15.6. The Morgan fingerprint density at radius 2 is 1.76 bits per heavy atom. The summed E-state index contributed by atoms with van der Waals surface area (Å²) in [6.45, 7) is 6.84. The van der Waals surface area contributed by atoms with E-state index in [4.69, 9.17) is 0 Å². The van der Waals surface area contributed by atoms with Crippen molar-refractivity contribution in [1.82, 2.24) is 0 Å². The summed E-state index contributed by atoms with van der Waals surface area (Å²) in [5.74, 6) is 0.293. The van der Waals surface area contributed by atoms with Gasteiger partial charge in [0.1, 0.15) is 6.29 Å². The molecular weight excluding hydrogens is 280 g/mol. The lowest BCUT2D eigenvalue weighted by Crippen LogP contribution is -2.15. The van der Waals surface area contributed by atoms with Crippen LogP contribution in [0, 0.1) is 11.8 Å².